The van der Waals surface area contributed by atoms with Gasteiger partial charge < -0.3 is 10.2 Å². The molecule has 96 valence electrons. The molecule has 0 aromatic carbocycles. The lowest BCUT2D eigenvalue weighted by Crippen LogP contribution is -2.36. The van der Waals surface area contributed by atoms with Crippen LogP contribution in [0.25, 0.3) is 0 Å². The third-order valence-corrected chi connectivity index (χ3v) is 2.99. The predicted molar refractivity (Wildman–Crippen MR) is 68.2 cm³/mol. The maximum Gasteiger partial charge on any atom is 0.255 e. The average molecular weight is 238 g/mol. The molecule has 0 spiro atoms. The number of nitrogens with zero attached hydrogens (tertiary/aromatic N) is 2. The molecule has 0 atom stereocenters. The maximum absolute atomic E-state index is 11.9. The summed E-state index contributed by atoms with van der Waals surface area (Å²) in [5, 5.41) is 9.74. The highest BCUT2D eigenvalue weighted by molar-refractivity contribution is 5.96. The molecule has 1 amide bonds. The second kappa shape index (κ2) is 5.82. The van der Waals surface area contributed by atoms with Gasteiger partial charge in [0.2, 0.25) is 0 Å². The minimum absolute atomic E-state index is 0.0501. The Morgan fingerprint density at radius 1 is 1.47 bits per heavy atom. The topological polar surface area (TPSA) is 61.0 Å². The first kappa shape index (κ1) is 13.7. The van der Waals surface area contributed by atoms with E-state index in [2.05, 4.69) is 34.3 Å². The largest absolute Gasteiger partial charge is 0.351 e. The summed E-state index contributed by atoms with van der Waals surface area (Å²) in [5.74, 6) is -0.0501. The van der Waals surface area contributed by atoms with Crippen molar-refractivity contribution in [2.75, 3.05) is 20.1 Å². The molecule has 1 aromatic heterocycles. The summed E-state index contributed by atoms with van der Waals surface area (Å²) in [4.78, 5) is 14.1. The number of aromatic amines is 1. The van der Waals surface area contributed by atoms with Crippen LogP contribution >= 0.6 is 0 Å². The Kier molecular flexibility index (Phi) is 4.69. The Morgan fingerprint density at radius 2 is 2.12 bits per heavy atom. The van der Waals surface area contributed by atoms with Gasteiger partial charge in [0.05, 0.1) is 11.3 Å². The predicted octanol–water partition coefficient (Wildman–Crippen LogP) is 1.10. The van der Waals surface area contributed by atoms with Crippen LogP contribution in [0.1, 0.15) is 35.6 Å². The van der Waals surface area contributed by atoms with Crippen LogP contribution in [0.5, 0.6) is 0 Å². The first-order chi connectivity index (χ1) is 7.93. The SMILES string of the molecule is Cc1n[nH]c(C)c1C(=O)NCCN(C)C(C)C. The van der Waals surface area contributed by atoms with Crippen LogP contribution in [-0.4, -0.2) is 47.2 Å². The molecule has 5 heteroatoms. The molecule has 0 aliphatic rings. The molecule has 0 radical (unpaired) electrons. The molecule has 2 N–H and O–H groups in total. The van der Waals surface area contributed by atoms with E-state index >= 15 is 0 Å². The van der Waals surface area contributed by atoms with Gasteiger partial charge in [-0.25, -0.2) is 0 Å². The number of amides is 1. The number of likely N-dealkylation sites (N-methyl/N-ethyl adjacent to an activating group) is 1. The standard InChI is InChI=1S/C12H22N4O/c1-8(2)16(5)7-6-13-12(17)11-9(3)14-15-10(11)4/h8H,6-7H2,1-5H3,(H,13,17)(H,14,15). The third kappa shape index (κ3) is 3.56. The van der Waals surface area contributed by atoms with E-state index in [-0.39, 0.29) is 5.91 Å². The van der Waals surface area contributed by atoms with Crippen molar-refractivity contribution < 1.29 is 4.79 Å². The van der Waals surface area contributed by atoms with Gasteiger partial charge in [-0.1, -0.05) is 0 Å². The molecule has 0 aliphatic carbocycles. The van der Waals surface area contributed by atoms with Crippen LogP contribution < -0.4 is 5.32 Å². The number of carbonyl (C=O) groups is 1. The van der Waals surface area contributed by atoms with Crippen molar-refractivity contribution in [3.8, 4) is 0 Å². The lowest BCUT2D eigenvalue weighted by atomic mass is 10.2. The molecule has 0 aliphatic heterocycles. The second-order valence-electron chi connectivity index (χ2n) is 4.64. The van der Waals surface area contributed by atoms with Crippen LogP contribution in [0.4, 0.5) is 0 Å². The van der Waals surface area contributed by atoms with Crippen LogP contribution in [-0.2, 0) is 0 Å². The molecule has 17 heavy (non-hydrogen) atoms. The second-order valence-corrected chi connectivity index (χ2v) is 4.64. The van der Waals surface area contributed by atoms with Gasteiger partial charge in [-0.05, 0) is 34.7 Å². The van der Waals surface area contributed by atoms with Gasteiger partial charge in [0.25, 0.3) is 5.91 Å². The highest BCUT2D eigenvalue weighted by Gasteiger charge is 2.14. The van der Waals surface area contributed by atoms with Crippen LogP contribution in [0, 0.1) is 13.8 Å². The lowest BCUT2D eigenvalue weighted by Gasteiger charge is -2.20. The molecule has 0 bridgehead atoms. The van der Waals surface area contributed by atoms with E-state index in [1.807, 2.05) is 20.9 Å². The van der Waals surface area contributed by atoms with E-state index in [0.717, 1.165) is 17.9 Å². The van der Waals surface area contributed by atoms with Crippen molar-refractivity contribution in [2.45, 2.75) is 33.7 Å². The monoisotopic (exact) mass is 238 g/mol. The Hall–Kier alpha value is -1.36. The first-order valence-electron chi connectivity index (χ1n) is 5.93. The minimum atomic E-state index is -0.0501. The summed E-state index contributed by atoms with van der Waals surface area (Å²) in [6, 6.07) is 0.490. The highest BCUT2D eigenvalue weighted by Crippen LogP contribution is 2.08. The number of rotatable bonds is 5. The van der Waals surface area contributed by atoms with Gasteiger partial charge in [0.15, 0.2) is 0 Å². The van der Waals surface area contributed by atoms with Gasteiger partial charge in [-0.15, -0.1) is 0 Å². The summed E-state index contributed by atoms with van der Waals surface area (Å²) in [6.45, 7) is 9.45. The normalized spacial score (nSPS) is 11.2. The quantitative estimate of drug-likeness (QED) is 0.807. The Labute approximate surface area is 103 Å². The van der Waals surface area contributed by atoms with Crippen LogP contribution in [0.15, 0.2) is 0 Å². The number of carbonyl (C=O) groups excluding carboxylic acids is 1. The van der Waals surface area contributed by atoms with E-state index in [1.54, 1.807) is 0 Å². The summed E-state index contributed by atoms with van der Waals surface area (Å²) in [6.07, 6.45) is 0. The average Bonchev–Trinajstić information content (AvgIpc) is 2.58. The summed E-state index contributed by atoms with van der Waals surface area (Å²) in [7, 11) is 2.05. The van der Waals surface area contributed by atoms with Gasteiger partial charge in [0, 0.05) is 24.8 Å². The fraction of sp³-hybridized carbons (Fsp3) is 0.667. The van der Waals surface area contributed by atoms with Crippen molar-refractivity contribution in [1.29, 1.82) is 0 Å². The molecule has 1 heterocycles. The Balaban J connectivity index is 2.46. The zero-order valence-corrected chi connectivity index (χ0v) is 11.3. The maximum atomic E-state index is 11.9. The van der Waals surface area contributed by atoms with E-state index in [1.165, 1.54) is 0 Å². The van der Waals surface area contributed by atoms with E-state index in [4.69, 9.17) is 0 Å². The molecule has 0 saturated heterocycles. The lowest BCUT2D eigenvalue weighted by molar-refractivity contribution is 0.0947. The van der Waals surface area contributed by atoms with Crippen molar-refractivity contribution in [3.63, 3.8) is 0 Å². The van der Waals surface area contributed by atoms with Crippen LogP contribution in [0.3, 0.4) is 0 Å². The van der Waals surface area contributed by atoms with Gasteiger partial charge in [-0.3, -0.25) is 9.89 Å². The smallest absolute Gasteiger partial charge is 0.255 e. The fourth-order valence-electron chi connectivity index (χ4n) is 1.58. The Morgan fingerprint density at radius 3 is 2.59 bits per heavy atom. The fourth-order valence-corrected chi connectivity index (χ4v) is 1.58. The summed E-state index contributed by atoms with van der Waals surface area (Å²) in [5.41, 5.74) is 2.23. The number of hydrogen-bond donors (Lipinski definition) is 2. The van der Waals surface area contributed by atoms with Crippen molar-refractivity contribution in [2.24, 2.45) is 0 Å². The third-order valence-electron chi connectivity index (χ3n) is 2.99. The molecular formula is C12H22N4O. The summed E-state index contributed by atoms with van der Waals surface area (Å²) < 4.78 is 0. The molecule has 1 aromatic rings. The zero-order valence-electron chi connectivity index (χ0n) is 11.3. The minimum Gasteiger partial charge on any atom is -0.351 e. The van der Waals surface area contributed by atoms with Crippen molar-refractivity contribution >= 4 is 5.91 Å². The first-order valence-corrected chi connectivity index (χ1v) is 5.93. The molecule has 1 rings (SSSR count). The summed E-state index contributed by atoms with van der Waals surface area (Å²) >= 11 is 0. The van der Waals surface area contributed by atoms with Gasteiger partial charge in [-0.2, -0.15) is 5.10 Å². The number of H-pyrrole nitrogens is 1. The van der Waals surface area contributed by atoms with Gasteiger partial charge >= 0.3 is 0 Å². The number of aromatic nitrogens is 2. The number of nitrogens with one attached hydrogen (secondary N) is 2. The Bertz CT molecular complexity index is 364. The van der Waals surface area contributed by atoms with Gasteiger partial charge in [0.1, 0.15) is 0 Å². The van der Waals surface area contributed by atoms with E-state index in [9.17, 15) is 4.79 Å². The van der Waals surface area contributed by atoms with E-state index < -0.39 is 0 Å². The number of aryl methyl sites for hydroxylation is 2. The van der Waals surface area contributed by atoms with E-state index in [0.29, 0.717) is 18.2 Å². The molecule has 5 nitrogen and oxygen atoms in total. The highest BCUT2D eigenvalue weighted by atomic mass is 16.1. The molecule has 0 saturated carbocycles. The molecule has 0 unspecified atom stereocenters. The number of hydrogen-bond acceptors (Lipinski definition) is 3. The molecule has 0 fully saturated rings. The zero-order chi connectivity index (χ0) is 13.0. The van der Waals surface area contributed by atoms with Crippen molar-refractivity contribution in [3.05, 3.63) is 17.0 Å². The molecular weight excluding hydrogens is 216 g/mol. The van der Waals surface area contributed by atoms with Crippen LogP contribution in [0.2, 0.25) is 0 Å². The van der Waals surface area contributed by atoms with Crippen molar-refractivity contribution in [1.82, 2.24) is 20.4 Å².